The van der Waals surface area contributed by atoms with Crippen molar-refractivity contribution in [2.75, 3.05) is 0 Å². The van der Waals surface area contributed by atoms with E-state index >= 15 is 0 Å². The highest BCUT2D eigenvalue weighted by Gasteiger charge is 2.04. The summed E-state index contributed by atoms with van der Waals surface area (Å²) in [5, 5.41) is 2.68. The molecule has 2 aromatic carbocycles. The minimum absolute atomic E-state index is 1.25. The zero-order valence-electron chi connectivity index (χ0n) is 14.8. The van der Waals surface area contributed by atoms with Crippen LogP contribution in [0.5, 0.6) is 0 Å². The van der Waals surface area contributed by atoms with Crippen molar-refractivity contribution in [3.8, 4) is 0 Å². The molecule has 1 aromatic heterocycles. The predicted octanol–water partition coefficient (Wildman–Crippen LogP) is 6.80. The fourth-order valence-corrected chi connectivity index (χ4v) is 2.12. The summed E-state index contributed by atoms with van der Waals surface area (Å²) in [7, 11) is 2.12. The lowest BCUT2D eigenvalue weighted by atomic mass is 10.2. The van der Waals surface area contributed by atoms with Crippen LogP contribution in [0.3, 0.4) is 0 Å². The second kappa shape index (κ2) is 11.0. The normalized spacial score (nSPS) is 8.90. The van der Waals surface area contributed by atoms with Gasteiger partial charge in [0.2, 0.25) is 0 Å². The van der Waals surface area contributed by atoms with E-state index in [9.17, 15) is 0 Å². The van der Waals surface area contributed by atoms with Crippen molar-refractivity contribution in [2.24, 2.45) is 7.05 Å². The molecule has 0 amide bonds. The number of benzene rings is 2. The Morgan fingerprint density at radius 2 is 0.952 bits per heavy atom. The molecule has 1 heterocycles. The number of rotatable bonds is 0. The van der Waals surface area contributed by atoms with Crippen LogP contribution in [0.4, 0.5) is 0 Å². The second-order valence-corrected chi connectivity index (χ2v) is 4.30. The molecule has 0 N–H and O–H groups in total. The van der Waals surface area contributed by atoms with E-state index in [4.69, 9.17) is 0 Å². The van der Waals surface area contributed by atoms with Gasteiger partial charge in [-0.05, 0) is 12.1 Å². The maximum atomic E-state index is 2.24. The van der Waals surface area contributed by atoms with E-state index in [-0.39, 0.29) is 0 Å². The number of aryl methyl sites for hydroxylation is 1. The van der Waals surface area contributed by atoms with Gasteiger partial charge in [-0.2, -0.15) is 0 Å². The lowest BCUT2D eigenvalue weighted by Crippen LogP contribution is -1.84. The summed E-state index contributed by atoms with van der Waals surface area (Å²) < 4.78 is 2.24. The quantitative estimate of drug-likeness (QED) is 0.428. The van der Waals surface area contributed by atoms with E-state index in [1.165, 1.54) is 28.2 Å². The molecule has 0 atom stereocenters. The monoisotopic (exact) mass is 285 g/mol. The third-order valence-electron chi connectivity index (χ3n) is 2.82. The number of hydrogen-bond donors (Lipinski definition) is 0. The van der Waals surface area contributed by atoms with Gasteiger partial charge in [0.1, 0.15) is 0 Å². The van der Waals surface area contributed by atoms with Gasteiger partial charge < -0.3 is 4.57 Å². The first-order chi connectivity index (χ1) is 10.3. The molecule has 21 heavy (non-hydrogen) atoms. The maximum Gasteiger partial charge on any atom is 0.0488 e. The Kier molecular flexibility index (Phi) is 10.0. The van der Waals surface area contributed by atoms with Gasteiger partial charge in [-0.1, -0.05) is 84.4 Å². The molecular formula is C20H31N. The highest BCUT2D eigenvalue weighted by Crippen LogP contribution is 2.26. The van der Waals surface area contributed by atoms with E-state index in [1.54, 1.807) is 0 Å². The summed E-state index contributed by atoms with van der Waals surface area (Å²) in [5.41, 5.74) is 2.60. The van der Waals surface area contributed by atoms with Crippen molar-refractivity contribution in [2.45, 2.75) is 48.0 Å². The van der Waals surface area contributed by atoms with Crippen LogP contribution in [0.25, 0.3) is 21.8 Å². The molecule has 3 rings (SSSR count). The Balaban J connectivity index is 0.000000500. The zero-order chi connectivity index (χ0) is 16.3. The van der Waals surface area contributed by atoms with Crippen molar-refractivity contribution >= 4 is 21.8 Å². The SMILES string of the molecule is CC.CC.CCC.Cn1c2ccccc2c2ccccc21. The van der Waals surface area contributed by atoms with Gasteiger partial charge in [-0.3, -0.25) is 0 Å². The number of aromatic nitrogens is 1. The molecule has 116 valence electrons. The molecule has 0 saturated carbocycles. The molecule has 3 aromatic rings. The maximum absolute atomic E-state index is 2.24. The Morgan fingerprint density at radius 1 is 0.667 bits per heavy atom. The molecule has 1 heteroatoms. The molecule has 0 aliphatic heterocycles. The zero-order valence-corrected chi connectivity index (χ0v) is 14.8. The summed E-state index contributed by atoms with van der Waals surface area (Å²) in [5.74, 6) is 0. The van der Waals surface area contributed by atoms with E-state index < -0.39 is 0 Å². The lowest BCUT2D eigenvalue weighted by molar-refractivity contribution is 1.01. The molecule has 1 nitrogen and oxygen atoms in total. The van der Waals surface area contributed by atoms with Gasteiger partial charge in [0, 0.05) is 28.9 Å². The third kappa shape index (κ3) is 4.63. The van der Waals surface area contributed by atoms with Crippen molar-refractivity contribution < 1.29 is 0 Å². The fourth-order valence-electron chi connectivity index (χ4n) is 2.12. The van der Waals surface area contributed by atoms with Crippen molar-refractivity contribution in [1.29, 1.82) is 0 Å². The first-order valence-corrected chi connectivity index (χ1v) is 8.21. The Morgan fingerprint density at radius 3 is 1.29 bits per heavy atom. The molecule has 0 unspecified atom stereocenters. The van der Waals surface area contributed by atoms with Crippen LogP contribution < -0.4 is 0 Å². The molecular weight excluding hydrogens is 254 g/mol. The third-order valence-corrected chi connectivity index (χ3v) is 2.82. The molecule has 0 saturated heterocycles. The van der Waals surface area contributed by atoms with Gasteiger partial charge in [-0.15, -0.1) is 0 Å². The summed E-state index contributed by atoms with van der Waals surface area (Å²) in [4.78, 5) is 0. The van der Waals surface area contributed by atoms with Crippen LogP contribution >= 0.6 is 0 Å². The highest BCUT2D eigenvalue weighted by molar-refractivity contribution is 6.07. The van der Waals surface area contributed by atoms with Crippen LogP contribution in [-0.2, 0) is 7.05 Å². The van der Waals surface area contributed by atoms with Gasteiger partial charge in [0.25, 0.3) is 0 Å². The topological polar surface area (TPSA) is 4.93 Å². The minimum Gasteiger partial charge on any atom is -0.344 e. The van der Waals surface area contributed by atoms with Crippen molar-refractivity contribution in [3.63, 3.8) is 0 Å². The fraction of sp³-hybridized carbons (Fsp3) is 0.400. The molecule has 0 spiro atoms. The average molecular weight is 285 g/mol. The predicted molar refractivity (Wildman–Crippen MR) is 99.1 cm³/mol. The minimum atomic E-state index is 1.25. The summed E-state index contributed by atoms with van der Waals surface area (Å²) in [6, 6.07) is 17.0. The summed E-state index contributed by atoms with van der Waals surface area (Å²) >= 11 is 0. The lowest BCUT2D eigenvalue weighted by Gasteiger charge is -1.95. The van der Waals surface area contributed by atoms with E-state index in [1.807, 2.05) is 27.7 Å². The standard InChI is InChI=1S/C13H11N.C3H8.2C2H6/c1-14-12-8-4-2-6-10(12)11-7-3-5-9-13(11)14;1-3-2;2*1-2/h2-9H,1H3;3H2,1-2H3;2*1-2H3. The van der Waals surface area contributed by atoms with Crippen LogP contribution in [0.2, 0.25) is 0 Å². The van der Waals surface area contributed by atoms with Crippen LogP contribution in [-0.4, -0.2) is 4.57 Å². The number of hydrogen-bond acceptors (Lipinski definition) is 0. The Labute approximate surface area is 130 Å². The van der Waals surface area contributed by atoms with E-state index in [0.29, 0.717) is 0 Å². The number of fused-ring (bicyclic) bond motifs is 3. The Hall–Kier alpha value is -1.76. The van der Waals surface area contributed by atoms with E-state index in [0.717, 1.165) is 0 Å². The largest absolute Gasteiger partial charge is 0.344 e. The summed E-state index contributed by atoms with van der Waals surface area (Å²) in [6.07, 6.45) is 1.25. The van der Waals surface area contributed by atoms with Crippen molar-refractivity contribution in [1.82, 2.24) is 4.57 Å². The van der Waals surface area contributed by atoms with Gasteiger partial charge in [-0.25, -0.2) is 0 Å². The van der Waals surface area contributed by atoms with Crippen LogP contribution in [0.1, 0.15) is 48.0 Å². The first-order valence-electron chi connectivity index (χ1n) is 8.21. The summed E-state index contributed by atoms with van der Waals surface area (Å²) in [6.45, 7) is 12.2. The molecule has 0 aliphatic rings. The first kappa shape index (κ1) is 19.2. The second-order valence-electron chi connectivity index (χ2n) is 4.30. The number of para-hydroxylation sites is 2. The van der Waals surface area contributed by atoms with Gasteiger partial charge in [0.15, 0.2) is 0 Å². The molecule has 0 radical (unpaired) electrons. The Bertz CT molecular complexity index is 567. The highest BCUT2D eigenvalue weighted by atomic mass is 14.9. The van der Waals surface area contributed by atoms with E-state index in [2.05, 4.69) is 74.0 Å². The van der Waals surface area contributed by atoms with Crippen LogP contribution in [0, 0.1) is 0 Å². The molecule has 0 bridgehead atoms. The van der Waals surface area contributed by atoms with Gasteiger partial charge >= 0.3 is 0 Å². The van der Waals surface area contributed by atoms with Gasteiger partial charge in [0.05, 0.1) is 0 Å². The number of nitrogens with zero attached hydrogens (tertiary/aromatic N) is 1. The molecule has 0 fully saturated rings. The van der Waals surface area contributed by atoms with Crippen molar-refractivity contribution in [3.05, 3.63) is 48.5 Å². The smallest absolute Gasteiger partial charge is 0.0488 e. The molecule has 0 aliphatic carbocycles. The average Bonchev–Trinajstić information content (AvgIpc) is 2.86. The van der Waals surface area contributed by atoms with Crippen LogP contribution in [0.15, 0.2) is 48.5 Å².